The fourth-order valence-corrected chi connectivity index (χ4v) is 1.91. The van der Waals surface area contributed by atoms with Crippen LogP contribution in [0.5, 0.6) is 5.75 Å². The van der Waals surface area contributed by atoms with Gasteiger partial charge in [0.1, 0.15) is 5.75 Å². The molecule has 0 aliphatic carbocycles. The van der Waals surface area contributed by atoms with E-state index in [1.807, 2.05) is 0 Å². The van der Waals surface area contributed by atoms with Crippen LogP contribution in [0.4, 0.5) is 13.2 Å². The Labute approximate surface area is 117 Å². The van der Waals surface area contributed by atoms with Crippen molar-refractivity contribution in [1.82, 2.24) is 5.32 Å². The average molecular weight is 342 g/mol. The number of benzene rings is 1. The molecule has 0 aliphatic heterocycles. The van der Waals surface area contributed by atoms with Crippen LogP contribution >= 0.6 is 15.9 Å². The molecule has 0 spiro atoms. The molecule has 3 nitrogen and oxygen atoms in total. The zero-order chi connectivity index (χ0) is 14.5. The standard InChI is InChI=1S/C12H15BrF3NO2/c1-8(18)4-5-17-7-9-2-3-11(10(13)6-9)19-12(14,15)16/h2-3,6,8,17-18H,4-5,7H2,1H3. The van der Waals surface area contributed by atoms with E-state index < -0.39 is 6.36 Å². The first-order valence-electron chi connectivity index (χ1n) is 5.71. The summed E-state index contributed by atoms with van der Waals surface area (Å²) in [7, 11) is 0. The van der Waals surface area contributed by atoms with E-state index in [0.717, 1.165) is 5.56 Å². The molecule has 0 heterocycles. The van der Waals surface area contributed by atoms with Crippen molar-refractivity contribution in [2.45, 2.75) is 32.4 Å². The topological polar surface area (TPSA) is 41.5 Å². The molecule has 0 saturated carbocycles. The van der Waals surface area contributed by atoms with Gasteiger partial charge < -0.3 is 15.2 Å². The van der Waals surface area contributed by atoms with E-state index >= 15 is 0 Å². The van der Waals surface area contributed by atoms with Gasteiger partial charge in [-0.25, -0.2) is 0 Å². The summed E-state index contributed by atoms with van der Waals surface area (Å²) < 4.78 is 40.3. The quantitative estimate of drug-likeness (QED) is 0.780. The molecule has 0 bridgehead atoms. The van der Waals surface area contributed by atoms with E-state index in [9.17, 15) is 13.2 Å². The lowest BCUT2D eigenvalue weighted by Gasteiger charge is -2.12. The highest BCUT2D eigenvalue weighted by Gasteiger charge is 2.31. The van der Waals surface area contributed by atoms with Gasteiger partial charge in [0.2, 0.25) is 0 Å². The second kappa shape index (κ2) is 7.12. The van der Waals surface area contributed by atoms with Crippen molar-refractivity contribution in [2.24, 2.45) is 0 Å². The van der Waals surface area contributed by atoms with Crippen molar-refractivity contribution in [1.29, 1.82) is 0 Å². The van der Waals surface area contributed by atoms with E-state index in [1.165, 1.54) is 6.07 Å². The summed E-state index contributed by atoms with van der Waals surface area (Å²) in [6, 6.07) is 4.39. The molecule has 108 valence electrons. The second-order valence-electron chi connectivity index (χ2n) is 4.13. The van der Waals surface area contributed by atoms with Gasteiger partial charge in [0.05, 0.1) is 10.6 Å². The van der Waals surface area contributed by atoms with Gasteiger partial charge in [-0.05, 0) is 53.5 Å². The summed E-state index contributed by atoms with van der Waals surface area (Å²) in [5.74, 6) is -0.264. The van der Waals surface area contributed by atoms with Crippen molar-refractivity contribution in [2.75, 3.05) is 6.54 Å². The lowest BCUT2D eigenvalue weighted by Crippen LogP contribution is -2.19. The zero-order valence-electron chi connectivity index (χ0n) is 10.3. The fraction of sp³-hybridized carbons (Fsp3) is 0.500. The molecule has 7 heteroatoms. The van der Waals surface area contributed by atoms with Crippen LogP contribution in [-0.2, 0) is 6.54 Å². The minimum atomic E-state index is -4.69. The van der Waals surface area contributed by atoms with Crippen LogP contribution in [0.25, 0.3) is 0 Å². The van der Waals surface area contributed by atoms with Crippen LogP contribution in [0.15, 0.2) is 22.7 Å². The molecule has 1 rings (SSSR count). The maximum Gasteiger partial charge on any atom is 0.573 e. The van der Waals surface area contributed by atoms with E-state index in [0.29, 0.717) is 19.5 Å². The first kappa shape index (κ1) is 16.3. The predicted octanol–water partition coefficient (Wildman–Crippen LogP) is 3.21. The lowest BCUT2D eigenvalue weighted by molar-refractivity contribution is -0.274. The van der Waals surface area contributed by atoms with Crippen molar-refractivity contribution in [3.63, 3.8) is 0 Å². The number of rotatable bonds is 6. The Balaban J connectivity index is 2.52. The van der Waals surface area contributed by atoms with Crippen LogP contribution in [0.3, 0.4) is 0 Å². The van der Waals surface area contributed by atoms with Gasteiger partial charge in [-0.1, -0.05) is 6.07 Å². The molecule has 0 fully saturated rings. The summed E-state index contributed by atoms with van der Waals surface area (Å²) in [5.41, 5.74) is 0.826. The number of ether oxygens (including phenoxy) is 1. The maximum absolute atomic E-state index is 12.1. The molecule has 2 N–H and O–H groups in total. The minimum absolute atomic E-state index is 0.250. The number of nitrogens with one attached hydrogen (secondary N) is 1. The third-order valence-corrected chi connectivity index (χ3v) is 2.91. The second-order valence-corrected chi connectivity index (χ2v) is 4.98. The van der Waals surface area contributed by atoms with E-state index in [1.54, 1.807) is 19.1 Å². The normalized spacial score (nSPS) is 13.4. The Bertz CT molecular complexity index is 410. The molecule has 1 aromatic carbocycles. The summed E-state index contributed by atoms with van der Waals surface area (Å²) in [4.78, 5) is 0. The predicted molar refractivity (Wildman–Crippen MR) is 68.8 cm³/mol. The highest BCUT2D eigenvalue weighted by Crippen LogP contribution is 2.30. The van der Waals surface area contributed by atoms with E-state index in [-0.39, 0.29) is 16.3 Å². The van der Waals surface area contributed by atoms with E-state index in [2.05, 4.69) is 26.0 Å². The highest BCUT2D eigenvalue weighted by atomic mass is 79.9. The van der Waals surface area contributed by atoms with Crippen molar-refractivity contribution < 1.29 is 23.0 Å². The van der Waals surface area contributed by atoms with Crippen LogP contribution < -0.4 is 10.1 Å². The fourth-order valence-electron chi connectivity index (χ4n) is 1.41. The number of hydrogen-bond acceptors (Lipinski definition) is 3. The summed E-state index contributed by atoms with van der Waals surface area (Å²) in [6.07, 6.45) is -4.45. The van der Waals surface area contributed by atoms with E-state index in [4.69, 9.17) is 5.11 Å². The third-order valence-electron chi connectivity index (χ3n) is 2.29. The van der Waals surface area contributed by atoms with Gasteiger partial charge >= 0.3 is 6.36 Å². The van der Waals surface area contributed by atoms with Crippen LogP contribution in [0.1, 0.15) is 18.9 Å². The third kappa shape index (κ3) is 6.79. The number of aliphatic hydroxyl groups excluding tert-OH is 1. The van der Waals surface area contributed by atoms with Gasteiger partial charge in [0.15, 0.2) is 0 Å². The first-order valence-corrected chi connectivity index (χ1v) is 6.50. The van der Waals surface area contributed by atoms with Gasteiger partial charge in [-0.15, -0.1) is 13.2 Å². The molecule has 0 aliphatic rings. The molecule has 0 amide bonds. The number of aliphatic hydroxyl groups is 1. The number of alkyl halides is 3. The largest absolute Gasteiger partial charge is 0.573 e. The molecule has 1 unspecified atom stereocenters. The summed E-state index contributed by atoms with van der Waals surface area (Å²) in [5, 5.41) is 12.2. The molecule has 0 aromatic heterocycles. The maximum atomic E-state index is 12.1. The number of halogens is 4. The van der Waals surface area contributed by atoms with Crippen molar-refractivity contribution in [3.8, 4) is 5.75 Å². The molecule has 0 radical (unpaired) electrons. The smallest absolute Gasteiger partial charge is 0.405 e. The Hall–Kier alpha value is -0.790. The molecule has 1 aromatic rings. The van der Waals surface area contributed by atoms with Gasteiger partial charge in [-0.3, -0.25) is 0 Å². The average Bonchev–Trinajstić information content (AvgIpc) is 2.26. The SMILES string of the molecule is CC(O)CCNCc1ccc(OC(F)(F)F)c(Br)c1. The molecule has 1 atom stereocenters. The number of hydrogen-bond donors (Lipinski definition) is 2. The van der Waals surface area contributed by atoms with Crippen LogP contribution in [-0.4, -0.2) is 24.1 Å². The van der Waals surface area contributed by atoms with Crippen molar-refractivity contribution >= 4 is 15.9 Å². The highest BCUT2D eigenvalue weighted by molar-refractivity contribution is 9.10. The first-order chi connectivity index (χ1) is 8.78. The van der Waals surface area contributed by atoms with Gasteiger partial charge in [-0.2, -0.15) is 0 Å². The Morgan fingerprint density at radius 1 is 1.42 bits per heavy atom. The molecule has 19 heavy (non-hydrogen) atoms. The minimum Gasteiger partial charge on any atom is -0.405 e. The van der Waals surface area contributed by atoms with Gasteiger partial charge in [0.25, 0.3) is 0 Å². The van der Waals surface area contributed by atoms with Crippen LogP contribution in [0.2, 0.25) is 0 Å². The summed E-state index contributed by atoms with van der Waals surface area (Å²) >= 11 is 3.04. The monoisotopic (exact) mass is 341 g/mol. The molecular weight excluding hydrogens is 327 g/mol. The zero-order valence-corrected chi connectivity index (χ0v) is 11.9. The lowest BCUT2D eigenvalue weighted by atomic mass is 10.2. The Morgan fingerprint density at radius 2 is 2.11 bits per heavy atom. The Kier molecular flexibility index (Phi) is 6.09. The molecular formula is C12H15BrF3NO2. The van der Waals surface area contributed by atoms with Crippen LogP contribution in [0, 0.1) is 0 Å². The molecule has 0 saturated heterocycles. The van der Waals surface area contributed by atoms with Gasteiger partial charge in [0, 0.05) is 6.54 Å². The van der Waals surface area contributed by atoms with Crippen molar-refractivity contribution in [3.05, 3.63) is 28.2 Å². The summed E-state index contributed by atoms with van der Waals surface area (Å²) in [6.45, 7) is 2.84. The Morgan fingerprint density at radius 3 is 2.63 bits per heavy atom.